The first kappa shape index (κ1) is 16.6. The van der Waals surface area contributed by atoms with Gasteiger partial charge in [0.1, 0.15) is 5.82 Å². The molecule has 1 aromatic rings. The van der Waals surface area contributed by atoms with Gasteiger partial charge in [0, 0.05) is 11.8 Å². The summed E-state index contributed by atoms with van der Waals surface area (Å²) in [5, 5.41) is 0. The van der Waals surface area contributed by atoms with Crippen LogP contribution in [0, 0.1) is 29.5 Å². The summed E-state index contributed by atoms with van der Waals surface area (Å²) in [4.78, 5) is 14.2. The van der Waals surface area contributed by atoms with Gasteiger partial charge >= 0.3 is 0 Å². The van der Waals surface area contributed by atoms with Crippen LogP contribution in [-0.4, -0.2) is 29.8 Å². The van der Waals surface area contributed by atoms with E-state index in [1.807, 2.05) is 12.1 Å². The lowest BCUT2D eigenvalue weighted by molar-refractivity contribution is -0.170. The first-order valence-electron chi connectivity index (χ1n) is 9.77. The molecule has 26 heavy (non-hydrogen) atoms. The Morgan fingerprint density at radius 3 is 2.00 bits per heavy atom. The van der Waals surface area contributed by atoms with E-state index in [1.54, 1.807) is 0 Å². The van der Waals surface area contributed by atoms with Gasteiger partial charge in [-0.15, -0.1) is 0 Å². The normalized spacial score (nSPS) is 39.7. The van der Waals surface area contributed by atoms with E-state index in [0.29, 0.717) is 18.3 Å². The number of halogens is 3. The molecule has 6 rings (SSSR count). The fraction of sp³-hybridized carbons (Fsp3) is 0.667. The number of carbonyl (C=O) groups excluding carboxylic acids is 1. The summed E-state index contributed by atoms with van der Waals surface area (Å²) < 4.78 is 40.0. The van der Waals surface area contributed by atoms with Gasteiger partial charge in [-0.25, -0.2) is 13.2 Å². The van der Waals surface area contributed by atoms with E-state index in [4.69, 9.17) is 0 Å². The Hall–Kier alpha value is -1.52. The summed E-state index contributed by atoms with van der Waals surface area (Å²) in [7, 11) is 0. The first-order valence-corrected chi connectivity index (χ1v) is 9.77. The molecule has 1 amide bonds. The Bertz CT molecular complexity index is 693. The molecule has 4 aliphatic carbocycles. The smallest absolute Gasteiger partial charge is 0.282 e. The zero-order valence-corrected chi connectivity index (χ0v) is 14.8. The Morgan fingerprint density at radius 1 is 0.962 bits per heavy atom. The van der Waals surface area contributed by atoms with Gasteiger partial charge in [-0.1, -0.05) is 12.1 Å². The number of likely N-dealkylation sites (tertiary alicyclic amines) is 1. The Labute approximate surface area is 151 Å². The molecule has 5 aliphatic rings. The monoisotopic (exact) mass is 363 g/mol. The number of hydrogen-bond acceptors (Lipinski definition) is 1. The second-order valence-corrected chi connectivity index (χ2v) is 9.13. The quantitative estimate of drug-likeness (QED) is 0.780. The van der Waals surface area contributed by atoms with Crippen LogP contribution in [0.1, 0.15) is 44.1 Å². The van der Waals surface area contributed by atoms with E-state index in [9.17, 15) is 18.0 Å². The van der Waals surface area contributed by atoms with Crippen molar-refractivity contribution in [3.8, 4) is 0 Å². The molecule has 0 unspecified atom stereocenters. The van der Waals surface area contributed by atoms with Crippen molar-refractivity contribution >= 4 is 5.91 Å². The van der Waals surface area contributed by atoms with Crippen LogP contribution < -0.4 is 0 Å². The molecule has 5 heteroatoms. The summed E-state index contributed by atoms with van der Waals surface area (Å²) in [5.41, 5.74) is 0.733. The molecule has 4 bridgehead atoms. The Balaban J connectivity index is 1.50. The summed E-state index contributed by atoms with van der Waals surface area (Å²) in [6, 6.07) is 6.61. The van der Waals surface area contributed by atoms with Crippen LogP contribution in [0.2, 0.25) is 0 Å². The van der Waals surface area contributed by atoms with Crippen molar-refractivity contribution in [2.24, 2.45) is 23.7 Å². The van der Waals surface area contributed by atoms with Crippen molar-refractivity contribution in [1.29, 1.82) is 0 Å². The van der Waals surface area contributed by atoms with Crippen molar-refractivity contribution in [3.63, 3.8) is 0 Å². The molecule has 1 saturated heterocycles. The van der Waals surface area contributed by atoms with Crippen molar-refractivity contribution in [3.05, 3.63) is 35.6 Å². The van der Waals surface area contributed by atoms with E-state index < -0.39 is 19.0 Å². The molecule has 1 aliphatic heterocycles. The van der Waals surface area contributed by atoms with Gasteiger partial charge in [-0.2, -0.15) is 0 Å². The Kier molecular flexibility index (Phi) is 3.51. The second kappa shape index (κ2) is 5.49. The maximum atomic E-state index is 13.5. The summed E-state index contributed by atoms with van der Waals surface area (Å²) >= 11 is 0. The number of nitrogens with zero attached hydrogens (tertiary/aromatic N) is 1. The van der Waals surface area contributed by atoms with Crippen LogP contribution >= 0.6 is 0 Å². The maximum Gasteiger partial charge on any atom is 0.282 e. The number of benzene rings is 1. The molecule has 0 aromatic heterocycles. The molecule has 0 atom stereocenters. The third-order valence-electron chi connectivity index (χ3n) is 7.62. The highest BCUT2D eigenvalue weighted by atomic mass is 19.3. The van der Waals surface area contributed by atoms with E-state index in [0.717, 1.165) is 43.1 Å². The molecular weight excluding hydrogens is 339 g/mol. The summed E-state index contributed by atoms with van der Waals surface area (Å²) in [6.07, 6.45) is 6.07. The average molecular weight is 363 g/mol. The molecule has 0 radical (unpaired) electrons. The number of amides is 1. The lowest BCUT2D eigenvalue weighted by Crippen LogP contribution is -2.62. The van der Waals surface area contributed by atoms with Gasteiger partial charge < -0.3 is 4.90 Å². The predicted octanol–water partition coefficient (Wildman–Crippen LogP) is 4.39. The van der Waals surface area contributed by atoms with Gasteiger partial charge in [0.25, 0.3) is 5.92 Å². The minimum atomic E-state index is -2.73. The zero-order chi connectivity index (χ0) is 18.1. The number of rotatable bonds is 3. The minimum Gasteiger partial charge on any atom is -0.330 e. The van der Waals surface area contributed by atoms with Crippen LogP contribution in [0.25, 0.3) is 0 Å². The highest BCUT2D eigenvalue weighted by Crippen LogP contribution is 2.64. The minimum absolute atomic E-state index is 0.160. The highest BCUT2D eigenvalue weighted by molar-refractivity contribution is 5.79. The molecule has 1 heterocycles. The SMILES string of the molecule is O=C(CC1(c2ccc(F)cc2)C2CC3CC(C2)CC1C3)N1CC(F)(F)C1. The highest BCUT2D eigenvalue weighted by Gasteiger charge is 2.59. The lowest BCUT2D eigenvalue weighted by Gasteiger charge is -2.62. The third-order valence-corrected chi connectivity index (χ3v) is 7.62. The molecule has 5 fully saturated rings. The van der Waals surface area contributed by atoms with Gasteiger partial charge in [-0.3, -0.25) is 4.79 Å². The number of carbonyl (C=O) groups is 1. The van der Waals surface area contributed by atoms with Crippen LogP contribution in [0.4, 0.5) is 13.2 Å². The molecule has 0 N–H and O–H groups in total. The fourth-order valence-electron chi connectivity index (χ4n) is 6.70. The Morgan fingerprint density at radius 2 is 1.50 bits per heavy atom. The zero-order valence-electron chi connectivity index (χ0n) is 14.8. The standard InChI is InChI=1S/C21H24F3NO/c22-18-3-1-15(2-4-18)21(10-19(26)25-11-20(23,24)12-25)16-6-13-5-14(8-16)9-17(21)7-13/h1-4,13-14,16-17H,5-12H2. The lowest BCUT2D eigenvalue weighted by atomic mass is 9.43. The van der Waals surface area contributed by atoms with Gasteiger partial charge in [0.2, 0.25) is 5.91 Å². The average Bonchev–Trinajstić information content (AvgIpc) is 2.56. The van der Waals surface area contributed by atoms with Crippen LogP contribution in [0.5, 0.6) is 0 Å². The third kappa shape index (κ3) is 2.42. The topological polar surface area (TPSA) is 20.3 Å². The van der Waals surface area contributed by atoms with Crippen molar-refractivity contribution < 1.29 is 18.0 Å². The van der Waals surface area contributed by atoms with Gasteiger partial charge in [0.05, 0.1) is 13.1 Å². The van der Waals surface area contributed by atoms with Crippen molar-refractivity contribution in [2.45, 2.75) is 49.9 Å². The van der Waals surface area contributed by atoms with Crippen molar-refractivity contribution in [2.75, 3.05) is 13.1 Å². The van der Waals surface area contributed by atoms with Crippen molar-refractivity contribution in [1.82, 2.24) is 4.90 Å². The second-order valence-electron chi connectivity index (χ2n) is 9.13. The summed E-state index contributed by atoms with van der Waals surface area (Å²) in [5.74, 6) is -0.856. The van der Waals surface area contributed by atoms with Crippen LogP contribution in [-0.2, 0) is 10.2 Å². The van der Waals surface area contributed by atoms with Crippen LogP contribution in [0.3, 0.4) is 0 Å². The van der Waals surface area contributed by atoms with E-state index in [2.05, 4.69) is 0 Å². The van der Waals surface area contributed by atoms with Crippen LogP contribution in [0.15, 0.2) is 24.3 Å². The molecule has 140 valence electrons. The first-order chi connectivity index (χ1) is 12.4. The van der Waals surface area contributed by atoms with Gasteiger partial charge in [-0.05, 0) is 73.5 Å². The molecule has 1 aromatic carbocycles. The fourth-order valence-corrected chi connectivity index (χ4v) is 6.70. The van der Waals surface area contributed by atoms with Gasteiger partial charge in [0.15, 0.2) is 0 Å². The largest absolute Gasteiger partial charge is 0.330 e. The van der Waals surface area contributed by atoms with E-state index >= 15 is 0 Å². The van der Waals surface area contributed by atoms with E-state index in [1.165, 1.54) is 23.5 Å². The number of alkyl halides is 2. The van der Waals surface area contributed by atoms with E-state index in [-0.39, 0.29) is 17.1 Å². The number of hydrogen-bond donors (Lipinski definition) is 0. The summed E-state index contributed by atoms with van der Waals surface area (Å²) in [6.45, 7) is -0.905. The molecule has 4 saturated carbocycles. The maximum absolute atomic E-state index is 13.5. The predicted molar refractivity (Wildman–Crippen MR) is 91.3 cm³/mol. The molecular formula is C21H24F3NO. The molecule has 2 nitrogen and oxygen atoms in total. The molecule has 0 spiro atoms.